The van der Waals surface area contributed by atoms with Crippen LogP contribution in [0.4, 0.5) is 5.69 Å². The molecule has 4 aromatic rings. The van der Waals surface area contributed by atoms with Crippen LogP contribution >= 0.6 is 0 Å². The molecule has 0 aliphatic heterocycles. The lowest BCUT2D eigenvalue weighted by Gasteiger charge is -2.08. The molecule has 2 N–H and O–H groups in total. The smallest absolute Gasteiger partial charge is 0.247 e. The van der Waals surface area contributed by atoms with Crippen molar-refractivity contribution in [1.29, 1.82) is 0 Å². The first-order valence-electron chi connectivity index (χ1n) is 9.11. The molecule has 0 bridgehead atoms. The van der Waals surface area contributed by atoms with E-state index in [2.05, 4.69) is 32.9 Å². The zero-order chi connectivity index (χ0) is 20.4. The topological polar surface area (TPSA) is 79.9 Å². The number of nitrogens with one attached hydrogen (secondary N) is 2. The van der Waals surface area contributed by atoms with E-state index in [9.17, 15) is 4.79 Å². The molecule has 0 unspecified atom stereocenters. The number of fused-ring (bicyclic) bond motifs is 1. The number of carbonyl (C=O) groups excluding carboxylic acids is 1. The van der Waals surface area contributed by atoms with Gasteiger partial charge in [-0.05, 0) is 48.4 Å². The molecule has 0 fully saturated rings. The number of pyridine rings is 2. The number of H-pyrrole nitrogens is 1. The van der Waals surface area contributed by atoms with Gasteiger partial charge in [0.25, 0.3) is 0 Å². The fourth-order valence-electron chi connectivity index (χ4n) is 3.27. The Morgan fingerprint density at radius 3 is 2.83 bits per heavy atom. The van der Waals surface area contributed by atoms with Gasteiger partial charge in [-0.25, -0.2) is 9.97 Å². The van der Waals surface area contributed by atoms with Gasteiger partial charge in [-0.3, -0.25) is 4.79 Å². The van der Waals surface area contributed by atoms with E-state index >= 15 is 0 Å². The van der Waals surface area contributed by atoms with E-state index in [0.29, 0.717) is 11.6 Å². The Morgan fingerprint density at radius 2 is 2.03 bits per heavy atom. The number of benzene rings is 1. The highest BCUT2D eigenvalue weighted by Crippen LogP contribution is 2.33. The number of aromatic nitrogens is 3. The predicted molar refractivity (Wildman–Crippen MR) is 115 cm³/mol. The van der Waals surface area contributed by atoms with Crippen molar-refractivity contribution in [2.75, 3.05) is 12.4 Å². The lowest BCUT2D eigenvalue weighted by atomic mass is 10.0. The number of hydrogen-bond acceptors (Lipinski definition) is 4. The second kappa shape index (κ2) is 7.59. The SMILES string of the molecule is C=CC(=O)Nc1cccc(-c2cnc3[nH]cc(-c4cc(C)nc(OC)c4)c3c2)c1. The van der Waals surface area contributed by atoms with E-state index in [4.69, 9.17) is 4.74 Å². The van der Waals surface area contributed by atoms with Gasteiger partial charge in [0.15, 0.2) is 0 Å². The van der Waals surface area contributed by atoms with Crippen molar-refractivity contribution in [3.8, 4) is 28.1 Å². The average Bonchev–Trinajstić information content (AvgIpc) is 3.16. The highest BCUT2D eigenvalue weighted by atomic mass is 16.5. The van der Waals surface area contributed by atoms with Gasteiger partial charge in [-0.2, -0.15) is 0 Å². The maximum Gasteiger partial charge on any atom is 0.247 e. The molecule has 0 saturated carbocycles. The van der Waals surface area contributed by atoms with Crippen LogP contribution < -0.4 is 10.1 Å². The van der Waals surface area contributed by atoms with Crippen LogP contribution in [0.25, 0.3) is 33.3 Å². The van der Waals surface area contributed by atoms with Gasteiger partial charge in [0.05, 0.1) is 7.11 Å². The lowest BCUT2D eigenvalue weighted by molar-refractivity contribution is -0.111. The summed E-state index contributed by atoms with van der Waals surface area (Å²) in [5, 5.41) is 3.78. The van der Waals surface area contributed by atoms with Crippen molar-refractivity contribution in [3.05, 3.63) is 73.2 Å². The molecule has 144 valence electrons. The quantitative estimate of drug-likeness (QED) is 0.487. The van der Waals surface area contributed by atoms with Crippen LogP contribution in [0.2, 0.25) is 0 Å². The fourth-order valence-corrected chi connectivity index (χ4v) is 3.27. The summed E-state index contributed by atoms with van der Waals surface area (Å²) in [6, 6.07) is 13.6. The van der Waals surface area contributed by atoms with Gasteiger partial charge in [0.1, 0.15) is 5.65 Å². The van der Waals surface area contributed by atoms with Crippen LogP contribution in [0.5, 0.6) is 5.88 Å². The summed E-state index contributed by atoms with van der Waals surface area (Å²) < 4.78 is 5.31. The molecular weight excluding hydrogens is 364 g/mol. The molecule has 0 aliphatic rings. The summed E-state index contributed by atoms with van der Waals surface area (Å²) in [6.45, 7) is 5.42. The summed E-state index contributed by atoms with van der Waals surface area (Å²) in [5.41, 5.74) is 6.32. The van der Waals surface area contributed by atoms with E-state index in [1.54, 1.807) is 7.11 Å². The highest BCUT2D eigenvalue weighted by Gasteiger charge is 2.11. The first kappa shape index (κ1) is 18.4. The summed E-state index contributed by atoms with van der Waals surface area (Å²) in [7, 11) is 1.61. The Kier molecular flexibility index (Phi) is 4.83. The van der Waals surface area contributed by atoms with E-state index < -0.39 is 0 Å². The van der Waals surface area contributed by atoms with Crippen LogP contribution in [0, 0.1) is 6.92 Å². The third kappa shape index (κ3) is 3.73. The first-order chi connectivity index (χ1) is 14.1. The fraction of sp³-hybridized carbons (Fsp3) is 0.0870. The number of rotatable bonds is 5. The second-order valence-corrected chi connectivity index (χ2v) is 6.64. The Hall–Kier alpha value is -3.93. The van der Waals surface area contributed by atoms with Crippen LogP contribution in [-0.4, -0.2) is 28.0 Å². The van der Waals surface area contributed by atoms with Crippen molar-refractivity contribution in [3.63, 3.8) is 0 Å². The number of hydrogen-bond donors (Lipinski definition) is 2. The van der Waals surface area contributed by atoms with Crippen molar-refractivity contribution in [2.24, 2.45) is 0 Å². The minimum atomic E-state index is -0.245. The number of aryl methyl sites for hydroxylation is 1. The molecule has 0 spiro atoms. The highest BCUT2D eigenvalue weighted by molar-refractivity contribution is 5.99. The zero-order valence-electron chi connectivity index (χ0n) is 16.2. The lowest BCUT2D eigenvalue weighted by Crippen LogP contribution is -2.06. The number of carbonyl (C=O) groups is 1. The molecule has 0 saturated heterocycles. The van der Waals surface area contributed by atoms with Crippen LogP contribution in [0.15, 0.2) is 67.5 Å². The molecule has 0 radical (unpaired) electrons. The molecule has 29 heavy (non-hydrogen) atoms. The normalized spacial score (nSPS) is 10.7. The van der Waals surface area contributed by atoms with E-state index in [0.717, 1.165) is 39.0 Å². The average molecular weight is 384 g/mol. The predicted octanol–water partition coefficient (Wildman–Crippen LogP) is 4.73. The molecule has 0 atom stereocenters. The number of nitrogens with zero attached hydrogens (tertiary/aromatic N) is 2. The largest absolute Gasteiger partial charge is 0.481 e. The molecule has 3 aromatic heterocycles. The van der Waals surface area contributed by atoms with E-state index in [1.165, 1.54) is 6.08 Å². The van der Waals surface area contributed by atoms with Gasteiger partial charge >= 0.3 is 0 Å². The third-order valence-electron chi connectivity index (χ3n) is 4.63. The number of anilines is 1. The van der Waals surface area contributed by atoms with Crippen molar-refractivity contribution < 1.29 is 9.53 Å². The van der Waals surface area contributed by atoms with Crippen molar-refractivity contribution >= 4 is 22.6 Å². The van der Waals surface area contributed by atoms with Gasteiger partial charge < -0.3 is 15.0 Å². The van der Waals surface area contributed by atoms with E-state index in [-0.39, 0.29) is 5.91 Å². The molecular formula is C23H20N4O2. The maximum absolute atomic E-state index is 11.6. The molecule has 1 aromatic carbocycles. The first-order valence-corrected chi connectivity index (χ1v) is 9.11. The molecule has 6 nitrogen and oxygen atoms in total. The summed E-state index contributed by atoms with van der Waals surface area (Å²) in [6.07, 6.45) is 5.00. The molecule has 0 aliphatic carbocycles. The Balaban J connectivity index is 1.78. The molecule has 1 amide bonds. The standard InChI is InChI=1S/C23H20N4O2/c1-4-21(28)27-18-7-5-6-15(9-18)17-10-19-20(13-25-23(19)24-12-17)16-8-14(2)26-22(11-16)29-3/h4-13H,1H2,2-3H3,(H,24,25)(H,27,28). The minimum absolute atomic E-state index is 0.245. The summed E-state index contributed by atoms with van der Waals surface area (Å²) in [4.78, 5) is 23.7. The Morgan fingerprint density at radius 1 is 1.17 bits per heavy atom. The number of amides is 1. The van der Waals surface area contributed by atoms with Crippen LogP contribution in [0.3, 0.4) is 0 Å². The number of ether oxygens (including phenoxy) is 1. The Labute approximate surface area is 168 Å². The monoisotopic (exact) mass is 384 g/mol. The van der Waals surface area contributed by atoms with Crippen LogP contribution in [-0.2, 0) is 4.79 Å². The third-order valence-corrected chi connectivity index (χ3v) is 4.63. The summed E-state index contributed by atoms with van der Waals surface area (Å²) in [5.74, 6) is 0.328. The second-order valence-electron chi connectivity index (χ2n) is 6.64. The minimum Gasteiger partial charge on any atom is -0.481 e. The Bertz CT molecular complexity index is 1230. The van der Waals surface area contributed by atoms with Crippen molar-refractivity contribution in [1.82, 2.24) is 15.0 Å². The molecule has 3 heterocycles. The maximum atomic E-state index is 11.6. The van der Waals surface area contributed by atoms with Gasteiger partial charge in [-0.1, -0.05) is 18.7 Å². The number of methoxy groups -OCH3 is 1. The van der Waals surface area contributed by atoms with Crippen molar-refractivity contribution in [2.45, 2.75) is 6.92 Å². The number of aromatic amines is 1. The van der Waals surface area contributed by atoms with E-state index in [1.807, 2.05) is 55.7 Å². The van der Waals surface area contributed by atoms with Gasteiger partial charge in [-0.15, -0.1) is 0 Å². The molecule has 4 rings (SSSR count). The van der Waals surface area contributed by atoms with Gasteiger partial charge in [0, 0.05) is 46.4 Å². The summed E-state index contributed by atoms with van der Waals surface area (Å²) >= 11 is 0. The molecule has 6 heteroatoms. The zero-order valence-corrected chi connectivity index (χ0v) is 16.2. The van der Waals surface area contributed by atoms with Crippen LogP contribution in [0.1, 0.15) is 5.69 Å². The van der Waals surface area contributed by atoms with Gasteiger partial charge in [0.2, 0.25) is 11.8 Å².